The summed E-state index contributed by atoms with van der Waals surface area (Å²) in [6.07, 6.45) is 3.69. The van der Waals surface area contributed by atoms with Crippen LogP contribution in [0, 0.1) is 13.8 Å². The number of aryl methyl sites for hydroxylation is 2. The zero-order valence-electron chi connectivity index (χ0n) is 13.6. The number of nitrogens with one attached hydrogen (secondary N) is 1. The van der Waals surface area contributed by atoms with Crippen LogP contribution in [-0.4, -0.2) is 15.0 Å². The maximum atomic E-state index is 4.40. The van der Waals surface area contributed by atoms with Crippen LogP contribution in [0.3, 0.4) is 0 Å². The van der Waals surface area contributed by atoms with E-state index in [1.165, 1.54) is 11.1 Å². The molecule has 0 aliphatic heterocycles. The van der Waals surface area contributed by atoms with Crippen molar-refractivity contribution in [3.8, 4) is 11.1 Å². The normalized spacial score (nSPS) is 12.0. The van der Waals surface area contributed by atoms with E-state index >= 15 is 0 Å². The van der Waals surface area contributed by atoms with E-state index in [0.717, 1.165) is 22.9 Å². The van der Waals surface area contributed by atoms with Crippen molar-refractivity contribution < 1.29 is 0 Å². The third-order valence-corrected chi connectivity index (χ3v) is 3.77. The highest BCUT2D eigenvalue weighted by Gasteiger charge is 2.08. The van der Waals surface area contributed by atoms with Crippen molar-refractivity contribution >= 4 is 5.82 Å². The lowest BCUT2D eigenvalue weighted by Gasteiger charge is -2.16. The molecule has 1 atom stereocenters. The van der Waals surface area contributed by atoms with Gasteiger partial charge in [0.15, 0.2) is 0 Å². The molecule has 0 saturated heterocycles. The van der Waals surface area contributed by atoms with Crippen LogP contribution < -0.4 is 5.32 Å². The quantitative estimate of drug-likeness (QED) is 0.779. The summed E-state index contributed by atoms with van der Waals surface area (Å²) in [4.78, 5) is 12.9. The van der Waals surface area contributed by atoms with E-state index in [1.807, 2.05) is 32.2 Å². The first-order valence-corrected chi connectivity index (χ1v) is 7.71. The SMILES string of the molecule is Cc1ccc(-c2cccc([C@H](C)Nc3ccnc(C)n3)c2)cn1. The maximum Gasteiger partial charge on any atom is 0.130 e. The first kappa shape index (κ1) is 15.2. The van der Waals surface area contributed by atoms with Gasteiger partial charge in [-0.25, -0.2) is 9.97 Å². The molecule has 0 aliphatic carbocycles. The molecule has 0 unspecified atom stereocenters. The predicted octanol–water partition coefficient (Wildman–Crippen LogP) is 4.33. The average Bonchev–Trinajstić information content (AvgIpc) is 2.56. The Hall–Kier alpha value is -2.75. The smallest absolute Gasteiger partial charge is 0.130 e. The molecule has 23 heavy (non-hydrogen) atoms. The van der Waals surface area contributed by atoms with Crippen LogP contribution in [0.2, 0.25) is 0 Å². The summed E-state index contributed by atoms with van der Waals surface area (Å²) >= 11 is 0. The molecule has 3 rings (SSSR count). The Morgan fingerprint density at radius 2 is 1.83 bits per heavy atom. The highest BCUT2D eigenvalue weighted by molar-refractivity contribution is 5.63. The van der Waals surface area contributed by atoms with E-state index in [1.54, 1.807) is 6.20 Å². The summed E-state index contributed by atoms with van der Waals surface area (Å²) in [5.41, 5.74) is 4.53. The lowest BCUT2D eigenvalue weighted by molar-refractivity contribution is 0.867. The van der Waals surface area contributed by atoms with E-state index in [9.17, 15) is 0 Å². The molecule has 0 aliphatic rings. The van der Waals surface area contributed by atoms with Crippen LogP contribution >= 0.6 is 0 Å². The van der Waals surface area contributed by atoms with Gasteiger partial charge in [-0.3, -0.25) is 4.98 Å². The van der Waals surface area contributed by atoms with E-state index < -0.39 is 0 Å². The Kier molecular flexibility index (Phi) is 4.33. The molecule has 0 spiro atoms. The van der Waals surface area contributed by atoms with Crippen molar-refractivity contribution in [2.75, 3.05) is 5.32 Å². The zero-order chi connectivity index (χ0) is 16.2. The van der Waals surface area contributed by atoms with Crippen LogP contribution in [0.25, 0.3) is 11.1 Å². The number of benzene rings is 1. The minimum absolute atomic E-state index is 0.155. The fourth-order valence-corrected chi connectivity index (χ4v) is 2.47. The molecule has 3 aromatic rings. The lowest BCUT2D eigenvalue weighted by atomic mass is 10.0. The third kappa shape index (κ3) is 3.72. The second-order valence-corrected chi connectivity index (χ2v) is 5.67. The molecule has 4 heteroatoms. The van der Waals surface area contributed by atoms with Crippen molar-refractivity contribution in [1.29, 1.82) is 0 Å². The van der Waals surface area contributed by atoms with E-state index in [-0.39, 0.29) is 6.04 Å². The lowest BCUT2D eigenvalue weighted by Crippen LogP contribution is -2.08. The Bertz CT molecular complexity index is 796. The monoisotopic (exact) mass is 304 g/mol. The number of pyridine rings is 1. The summed E-state index contributed by atoms with van der Waals surface area (Å²) in [6, 6.07) is 14.7. The number of hydrogen-bond donors (Lipinski definition) is 1. The molecule has 116 valence electrons. The van der Waals surface area contributed by atoms with Gasteiger partial charge in [-0.15, -0.1) is 0 Å². The molecule has 1 N–H and O–H groups in total. The van der Waals surface area contributed by atoms with Gasteiger partial charge in [-0.05, 0) is 50.1 Å². The molecule has 0 radical (unpaired) electrons. The molecule has 1 aromatic carbocycles. The topological polar surface area (TPSA) is 50.7 Å². The average molecular weight is 304 g/mol. The first-order chi connectivity index (χ1) is 11.1. The van der Waals surface area contributed by atoms with Crippen molar-refractivity contribution in [2.24, 2.45) is 0 Å². The van der Waals surface area contributed by atoms with Crippen LogP contribution in [0.15, 0.2) is 54.9 Å². The largest absolute Gasteiger partial charge is 0.363 e. The van der Waals surface area contributed by atoms with Crippen LogP contribution in [0.1, 0.15) is 30.0 Å². The second kappa shape index (κ2) is 6.57. The van der Waals surface area contributed by atoms with E-state index in [0.29, 0.717) is 0 Å². The molecular weight excluding hydrogens is 284 g/mol. The van der Waals surface area contributed by atoms with E-state index in [2.05, 4.69) is 57.5 Å². The maximum absolute atomic E-state index is 4.40. The molecule has 0 amide bonds. The van der Waals surface area contributed by atoms with Gasteiger partial charge in [0.2, 0.25) is 0 Å². The summed E-state index contributed by atoms with van der Waals surface area (Å²) in [5, 5.41) is 3.42. The number of aromatic nitrogens is 3. The molecule has 0 saturated carbocycles. The summed E-state index contributed by atoms with van der Waals surface area (Å²) in [5.74, 6) is 1.61. The van der Waals surface area contributed by atoms with E-state index in [4.69, 9.17) is 0 Å². The summed E-state index contributed by atoms with van der Waals surface area (Å²) in [7, 11) is 0. The Morgan fingerprint density at radius 1 is 0.957 bits per heavy atom. The van der Waals surface area contributed by atoms with Crippen LogP contribution in [0.5, 0.6) is 0 Å². The second-order valence-electron chi connectivity index (χ2n) is 5.67. The molecule has 2 heterocycles. The Morgan fingerprint density at radius 3 is 2.57 bits per heavy atom. The minimum atomic E-state index is 0.155. The highest BCUT2D eigenvalue weighted by Crippen LogP contribution is 2.24. The van der Waals surface area contributed by atoms with Gasteiger partial charge in [0.1, 0.15) is 11.6 Å². The summed E-state index contributed by atoms with van der Waals surface area (Å²) < 4.78 is 0. The highest BCUT2D eigenvalue weighted by atomic mass is 15.0. The van der Waals surface area contributed by atoms with Crippen LogP contribution in [-0.2, 0) is 0 Å². The van der Waals surface area contributed by atoms with Gasteiger partial charge < -0.3 is 5.32 Å². The number of rotatable bonds is 4. The fraction of sp³-hybridized carbons (Fsp3) is 0.211. The minimum Gasteiger partial charge on any atom is -0.363 e. The van der Waals surface area contributed by atoms with Crippen molar-refractivity contribution in [3.05, 3.63) is 71.9 Å². The Balaban J connectivity index is 1.82. The van der Waals surface area contributed by atoms with Gasteiger partial charge in [0, 0.05) is 29.7 Å². The van der Waals surface area contributed by atoms with Gasteiger partial charge in [-0.2, -0.15) is 0 Å². The van der Waals surface area contributed by atoms with Gasteiger partial charge in [0.05, 0.1) is 0 Å². The molecule has 4 nitrogen and oxygen atoms in total. The first-order valence-electron chi connectivity index (χ1n) is 7.71. The van der Waals surface area contributed by atoms with Crippen molar-refractivity contribution in [1.82, 2.24) is 15.0 Å². The third-order valence-electron chi connectivity index (χ3n) is 3.77. The molecular formula is C19H20N4. The molecule has 0 fully saturated rings. The standard InChI is InChI=1S/C19H20N4/c1-13-7-8-18(12-21-13)17-6-4-5-16(11-17)14(2)22-19-9-10-20-15(3)23-19/h4-12,14H,1-3H3,(H,20,22,23)/t14-/m0/s1. The number of anilines is 1. The van der Waals surface area contributed by atoms with Crippen molar-refractivity contribution in [2.45, 2.75) is 26.8 Å². The van der Waals surface area contributed by atoms with Crippen LogP contribution in [0.4, 0.5) is 5.82 Å². The number of nitrogens with zero attached hydrogens (tertiary/aromatic N) is 3. The molecule has 0 bridgehead atoms. The zero-order valence-corrected chi connectivity index (χ0v) is 13.6. The van der Waals surface area contributed by atoms with Gasteiger partial charge >= 0.3 is 0 Å². The summed E-state index contributed by atoms with van der Waals surface area (Å²) in [6.45, 7) is 6.01. The van der Waals surface area contributed by atoms with Gasteiger partial charge in [-0.1, -0.05) is 24.3 Å². The van der Waals surface area contributed by atoms with Crippen molar-refractivity contribution in [3.63, 3.8) is 0 Å². The fourth-order valence-electron chi connectivity index (χ4n) is 2.47. The number of hydrogen-bond acceptors (Lipinski definition) is 4. The van der Waals surface area contributed by atoms with Gasteiger partial charge in [0.25, 0.3) is 0 Å². The predicted molar refractivity (Wildman–Crippen MR) is 93.2 cm³/mol. The Labute approximate surface area is 136 Å². The molecule has 2 aromatic heterocycles.